The lowest BCUT2D eigenvalue weighted by molar-refractivity contribution is 0.619. The first-order chi connectivity index (χ1) is 6.15. The van der Waals surface area contributed by atoms with Crippen LogP contribution in [-0.4, -0.2) is 0 Å². The topological polar surface area (TPSA) is 0 Å². The Labute approximate surface area is 85.0 Å². The lowest BCUT2D eigenvalue weighted by Gasteiger charge is -2.12. The molecule has 1 aromatic heterocycles. The van der Waals surface area contributed by atoms with Crippen LogP contribution in [-0.2, 0) is 0 Å². The molecule has 0 nitrogen and oxygen atoms in total. The van der Waals surface area contributed by atoms with Crippen LogP contribution in [0.3, 0.4) is 0 Å². The van der Waals surface area contributed by atoms with Gasteiger partial charge in [-0.3, -0.25) is 0 Å². The largest absolute Gasteiger partial charge is 0.145 e. The third-order valence-electron chi connectivity index (χ3n) is 2.33. The molecule has 2 unspecified atom stereocenters. The molecule has 0 saturated heterocycles. The fourth-order valence-electron chi connectivity index (χ4n) is 1.30. The highest BCUT2D eigenvalue weighted by Gasteiger charge is 2.13. The fourth-order valence-corrected chi connectivity index (χ4v) is 2.33. The van der Waals surface area contributed by atoms with Crippen LogP contribution in [0.25, 0.3) is 0 Å². The Bertz CT molecular complexity index is 324. The van der Waals surface area contributed by atoms with Gasteiger partial charge in [0.1, 0.15) is 0 Å². The van der Waals surface area contributed by atoms with Crippen molar-refractivity contribution in [2.24, 2.45) is 5.92 Å². The van der Waals surface area contributed by atoms with Crippen molar-refractivity contribution >= 4 is 11.3 Å². The van der Waals surface area contributed by atoms with E-state index >= 15 is 0 Å². The summed E-state index contributed by atoms with van der Waals surface area (Å²) >= 11 is 1.88. The number of aryl methyl sites for hydroxylation is 1. The average Bonchev–Trinajstić information content (AvgIpc) is 2.51. The molecule has 1 rings (SSSR count). The molecule has 1 heteroatoms. The second kappa shape index (κ2) is 4.48. The molecule has 0 bridgehead atoms. The first kappa shape index (κ1) is 10.3. The summed E-state index contributed by atoms with van der Waals surface area (Å²) in [6.07, 6.45) is 0. The monoisotopic (exact) mass is 192 g/mol. The van der Waals surface area contributed by atoms with Crippen LogP contribution in [0.4, 0.5) is 0 Å². The second-order valence-electron chi connectivity index (χ2n) is 3.42. The van der Waals surface area contributed by atoms with Crippen LogP contribution >= 0.6 is 11.3 Å². The predicted molar refractivity (Wildman–Crippen MR) is 60.1 cm³/mol. The van der Waals surface area contributed by atoms with E-state index in [0.717, 1.165) is 0 Å². The summed E-state index contributed by atoms with van der Waals surface area (Å²) in [6.45, 7) is 8.50. The normalized spacial score (nSPS) is 14.5. The summed E-state index contributed by atoms with van der Waals surface area (Å²) in [5, 5.41) is 0. The lowest BCUT2D eigenvalue weighted by Crippen LogP contribution is -2.01. The van der Waals surface area contributed by atoms with E-state index in [1.54, 1.807) is 0 Å². The van der Waals surface area contributed by atoms with Gasteiger partial charge in [-0.25, -0.2) is 0 Å². The molecule has 70 valence electrons. The van der Waals surface area contributed by atoms with Crippen LogP contribution < -0.4 is 0 Å². The van der Waals surface area contributed by atoms with Gasteiger partial charge in [-0.15, -0.1) is 17.3 Å². The molecular formula is C12H16S. The third-order valence-corrected chi connectivity index (χ3v) is 3.53. The van der Waals surface area contributed by atoms with Crippen molar-refractivity contribution in [3.05, 3.63) is 21.9 Å². The minimum absolute atomic E-state index is 0.461. The summed E-state index contributed by atoms with van der Waals surface area (Å²) < 4.78 is 0. The first-order valence-corrected chi connectivity index (χ1v) is 5.45. The van der Waals surface area contributed by atoms with E-state index in [-0.39, 0.29) is 0 Å². The molecule has 0 fully saturated rings. The van der Waals surface area contributed by atoms with Gasteiger partial charge in [0.15, 0.2) is 0 Å². The predicted octanol–water partition coefficient (Wildman–Crippen LogP) is 3.82. The summed E-state index contributed by atoms with van der Waals surface area (Å²) in [6, 6.07) is 4.40. The van der Waals surface area contributed by atoms with Gasteiger partial charge in [0, 0.05) is 21.6 Å². The maximum absolute atomic E-state index is 3.21. The summed E-state index contributed by atoms with van der Waals surface area (Å²) in [5.74, 6) is 7.21. The van der Waals surface area contributed by atoms with Gasteiger partial charge in [-0.1, -0.05) is 19.8 Å². The van der Waals surface area contributed by atoms with E-state index in [1.165, 1.54) is 9.75 Å². The Balaban J connectivity index is 2.76. The van der Waals surface area contributed by atoms with E-state index in [4.69, 9.17) is 0 Å². The van der Waals surface area contributed by atoms with Crippen LogP contribution in [0.1, 0.15) is 36.4 Å². The first-order valence-electron chi connectivity index (χ1n) is 4.63. The third kappa shape index (κ3) is 2.60. The van der Waals surface area contributed by atoms with Crippen molar-refractivity contribution in [3.63, 3.8) is 0 Å². The maximum Gasteiger partial charge on any atom is 0.0248 e. The molecule has 0 aliphatic heterocycles. The minimum Gasteiger partial charge on any atom is -0.145 e. The Morgan fingerprint density at radius 3 is 2.46 bits per heavy atom. The average molecular weight is 192 g/mol. The van der Waals surface area contributed by atoms with Crippen molar-refractivity contribution in [2.45, 2.75) is 33.6 Å². The van der Waals surface area contributed by atoms with E-state index in [2.05, 4.69) is 44.7 Å². The number of thiophene rings is 1. The molecule has 0 aliphatic rings. The molecule has 0 radical (unpaired) electrons. The SMILES string of the molecule is CC#CC(C)C(C)c1ccc(C)s1. The van der Waals surface area contributed by atoms with Gasteiger partial charge in [0.25, 0.3) is 0 Å². The van der Waals surface area contributed by atoms with Crippen LogP contribution in [0, 0.1) is 24.7 Å². The van der Waals surface area contributed by atoms with Crippen molar-refractivity contribution < 1.29 is 0 Å². The molecule has 1 aromatic rings. The highest BCUT2D eigenvalue weighted by atomic mass is 32.1. The fraction of sp³-hybridized carbons (Fsp3) is 0.500. The van der Waals surface area contributed by atoms with Gasteiger partial charge in [-0.05, 0) is 26.0 Å². The zero-order chi connectivity index (χ0) is 9.84. The zero-order valence-electron chi connectivity index (χ0n) is 8.72. The Hall–Kier alpha value is -0.740. The number of hydrogen-bond donors (Lipinski definition) is 0. The second-order valence-corrected chi connectivity index (χ2v) is 4.74. The number of hydrogen-bond acceptors (Lipinski definition) is 1. The summed E-state index contributed by atoms with van der Waals surface area (Å²) in [5.41, 5.74) is 0. The van der Waals surface area contributed by atoms with Crippen LogP contribution in [0.5, 0.6) is 0 Å². The molecule has 0 spiro atoms. The Morgan fingerprint density at radius 1 is 1.31 bits per heavy atom. The van der Waals surface area contributed by atoms with Crippen molar-refractivity contribution in [2.75, 3.05) is 0 Å². The lowest BCUT2D eigenvalue weighted by atomic mass is 9.95. The highest BCUT2D eigenvalue weighted by Crippen LogP contribution is 2.29. The number of rotatable bonds is 2. The van der Waals surface area contributed by atoms with E-state index < -0.39 is 0 Å². The van der Waals surface area contributed by atoms with Crippen LogP contribution in [0.15, 0.2) is 12.1 Å². The maximum atomic E-state index is 3.21. The van der Waals surface area contributed by atoms with Gasteiger partial charge >= 0.3 is 0 Å². The highest BCUT2D eigenvalue weighted by molar-refractivity contribution is 7.12. The molecule has 0 aromatic carbocycles. The molecule has 13 heavy (non-hydrogen) atoms. The quantitative estimate of drug-likeness (QED) is 0.625. The van der Waals surface area contributed by atoms with Gasteiger partial charge < -0.3 is 0 Å². The van der Waals surface area contributed by atoms with Gasteiger partial charge in [0.2, 0.25) is 0 Å². The summed E-state index contributed by atoms with van der Waals surface area (Å²) in [4.78, 5) is 2.84. The standard InChI is InChI=1S/C12H16S/c1-5-6-9(2)11(4)12-8-7-10(3)13-12/h7-9,11H,1-4H3. The zero-order valence-corrected chi connectivity index (χ0v) is 9.53. The summed E-state index contributed by atoms with van der Waals surface area (Å²) in [7, 11) is 0. The van der Waals surface area contributed by atoms with Gasteiger partial charge in [0.05, 0.1) is 0 Å². The molecule has 0 aliphatic carbocycles. The molecule has 0 saturated carbocycles. The van der Waals surface area contributed by atoms with Crippen molar-refractivity contribution in [1.82, 2.24) is 0 Å². The van der Waals surface area contributed by atoms with Crippen LogP contribution in [0.2, 0.25) is 0 Å². The Kier molecular flexibility index (Phi) is 3.57. The van der Waals surface area contributed by atoms with Crippen molar-refractivity contribution in [1.29, 1.82) is 0 Å². The van der Waals surface area contributed by atoms with E-state index in [0.29, 0.717) is 11.8 Å². The molecule has 0 N–H and O–H groups in total. The van der Waals surface area contributed by atoms with E-state index in [1.807, 2.05) is 18.3 Å². The molecule has 0 amide bonds. The molecule has 1 heterocycles. The minimum atomic E-state index is 0.461. The molecular weight excluding hydrogens is 176 g/mol. The van der Waals surface area contributed by atoms with Crippen molar-refractivity contribution in [3.8, 4) is 11.8 Å². The van der Waals surface area contributed by atoms with E-state index in [9.17, 15) is 0 Å². The Morgan fingerprint density at radius 2 is 2.00 bits per heavy atom. The van der Waals surface area contributed by atoms with Gasteiger partial charge in [-0.2, -0.15) is 0 Å². The smallest absolute Gasteiger partial charge is 0.0248 e. The molecule has 2 atom stereocenters.